The van der Waals surface area contributed by atoms with Gasteiger partial charge in [0.2, 0.25) is 5.91 Å². The maximum Gasteiger partial charge on any atom is 0.223 e. The first kappa shape index (κ1) is 11.6. The van der Waals surface area contributed by atoms with Gasteiger partial charge in [-0.25, -0.2) is 0 Å². The predicted molar refractivity (Wildman–Crippen MR) is 58.9 cm³/mol. The lowest BCUT2D eigenvalue weighted by atomic mass is 10.1. The van der Waals surface area contributed by atoms with Crippen molar-refractivity contribution in [2.24, 2.45) is 13.0 Å². The second-order valence-corrected chi connectivity index (χ2v) is 3.71. The number of carbonyl (C=O) groups is 1. The van der Waals surface area contributed by atoms with Crippen LogP contribution in [0.2, 0.25) is 0 Å². The zero-order valence-corrected chi connectivity index (χ0v) is 9.45. The lowest BCUT2D eigenvalue weighted by molar-refractivity contribution is -0.124. The van der Waals surface area contributed by atoms with Gasteiger partial charge >= 0.3 is 0 Å². The Balaban J connectivity index is 2.51. The van der Waals surface area contributed by atoms with Crippen LogP contribution >= 0.6 is 0 Å². The molecule has 1 aromatic heterocycles. The highest BCUT2D eigenvalue weighted by atomic mass is 16.1. The Bertz CT molecular complexity index is 345. The summed E-state index contributed by atoms with van der Waals surface area (Å²) in [7, 11) is 1.77. The van der Waals surface area contributed by atoms with Crippen molar-refractivity contribution in [2.45, 2.75) is 26.8 Å². The monoisotopic (exact) mass is 210 g/mol. The first-order valence-corrected chi connectivity index (χ1v) is 5.10. The number of nitrogens with one attached hydrogen (secondary N) is 1. The molecule has 5 heteroatoms. The minimum atomic E-state index is 0.0443. The van der Waals surface area contributed by atoms with Crippen molar-refractivity contribution >= 4 is 11.7 Å². The Morgan fingerprint density at radius 3 is 2.87 bits per heavy atom. The van der Waals surface area contributed by atoms with Crippen molar-refractivity contribution in [2.75, 3.05) is 5.73 Å². The lowest BCUT2D eigenvalue weighted by Crippen LogP contribution is -2.28. The third kappa shape index (κ3) is 2.71. The normalized spacial score (nSPS) is 12.5. The fourth-order valence-electron chi connectivity index (χ4n) is 1.17. The largest absolute Gasteiger partial charge is 0.384 e. The number of nitrogens with zero attached hydrogens (tertiary/aromatic N) is 2. The second kappa shape index (κ2) is 4.82. The minimum absolute atomic E-state index is 0.0443. The van der Waals surface area contributed by atoms with E-state index in [4.69, 9.17) is 5.73 Å². The number of hydrogen-bond acceptors (Lipinski definition) is 3. The molecule has 1 heterocycles. The average molecular weight is 210 g/mol. The average Bonchev–Trinajstić information content (AvgIpc) is 2.55. The van der Waals surface area contributed by atoms with Gasteiger partial charge in [-0.2, -0.15) is 5.10 Å². The highest BCUT2D eigenvalue weighted by molar-refractivity contribution is 5.78. The van der Waals surface area contributed by atoms with E-state index in [1.165, 1.54) is 0 Å². The Labute approximate surface area is 89.6 Å². The zero-order chi connectivity index (χ0) is 11.4. The van der Waals surface area contributed by atoms with Crippen LogP contribution in [0.5, 0.6) is 0 Å². The molecule has 0 fully saturated rings. The number of rotatable bonds is 4. The number of nitrogens with two attached hydrogens (primary N) is 1. The van der Waals surface area contributed by atoms with Crippen molar-refractivity contribution in [1.82, 2.24) is 15.1 Å². The highest BCUT2D eigenvalue weighted by Gasteiger charge is 2.11. The number of aryl methyl sites for hydroxylation is 1. The molecule has 0 spiro atoms. The molecule has 0 saturated heterocycles. The second-order valence-electron chi connectivity index (χ2n) is 3.71. The third-order valence-electron chi connectivity index (χ3n) is 2.58. The molecule has 1 amide bonds. The summed E-state index contributed by atoms with van der Waals surface area (Å²) in [6, 6.07) is 0. The summed E-state index contributed by atoms with van der Waals surface area (Å²) in [6.07, 6.45) is 2.51. The van der Waals surface area contributed by atoms with E-state index in [2.05, 4.69) is 10.4 Å². The van der Waals surface area contributed by atoms with Crippen molar-refractivity contribution in [3.63, 3.8) is 0 Å². The molecule has 0 bridgehead atoms. The fraction of sp³-hybridized carbons (Fsp3) is 0.600. The van der Waals surface area contributed by atoms with E-state index < -0.39 is 0 Å². The van der Waals surface area contributed by atoms with Gasteiger partial charge in [-0.1, -0.05) is 13.8 Å². The van der Waals surface area contributed by atoms with E-state index in [-0.39, 0.29) is 11.8 Å². The Morgan fingerprint density at radius 1 is 1.73 bits per heavy atom. The molecule has 0 saturated carbocycles. The summed E-state index contributed by atoms with van der Waals surface area (Å²) >= 11 is 0. The quantitative estimate of drug-likeness (QED) is 0.767. The number of anilines is 1. The van der Waals surface area contributed by atoms with Crippen LogP contribution < -0.4 is 11.1 Å². The van der Waals surface area contributed by atoms with Crippen LogP contribution in [0.15, 0.2) is 6.20 Å². The molecule has 1 unspecified atom stereocenters. The van der Waals surface area contributed by atoms with Gasteiger partial charge in [0.25, 0.3) is 0 Å². The van der Waals surface area contributed by atoms with Gasteiger partial charge in [-0.15, -0.1) is 0 Å². The standard InChI is InChI=1S/C10H18N4O/c1-4-7(2)10(15)12-5-8-6-13-14(3)9(8)11/h6-7H,4-5,11H2,1-3H3,(H,12,15). The molecular weight excluding hydrogens is 192 g/mol. The van der Waals surface area contributed by atoms with Crippen LogP contribution in [0.1, 0.15) is 25.8 Å². The molecule has 5 nitrogen and oxygen atoms in total. The Kier molecular flexibility index (Phi) is 3.71. The van der Waals surface area contributed by atoms with Crippen molar-refractivity contribution < 1.29 is 4.79 Å². The first-order chi connectivity index (χ1) is 7.06. The van der Waals surface area contributed by atoms with Crippen LogP contribution in [-0.2, 0) is 18.4 Å². The van der Waals surface area contributed by atoms with Gasteiger partial charge in [-0.3, -0.25) is 9.48 Å². The molecular formula is C10H18N4O. The van der Waals surface area contributed by atoms with Crippen molar-refractivity contribution in [3.8, 4) is 0 Å². The minimum Gasteiger partial charge on any atom is -0.384 e. The molecule has 0 aliphatic carbocycles. The van der Waals surface area contributed by atoms with Crippen molar-refractivity contribution in [1.29, 1.82) is 0 Å². The lowest BCUT2D eigenvalue weighted by Gasteiger charge is -2.09. The number of amides is 1. The molecule has 1 atom stereocenters. The molecule has 0 radical (unpaired) electrons. The van der Waals surface area contributed by atoms with E-state index in [0.717, 1.165) is 12.0 Å². The van der Waals surface area contributed by atoms with Crippen molar-refractivity contribution in [3.05, 3.63) is 11.8 Å². The summed E-state index contributed by atoms with van der Waals surface area (Å²) in [5, 5.41) is 6.83. The Hall–Kier alpha value is -1.52. The van der Waals surface area contributed by atoms with E-state index in [1.807, 2.05) is 13.8 Å². The van der Waals surface area contributed by atoms with Crippen LogP contribution in [0.4, 0.5) is 5.82 Å². The Morgan fingerprint density at radius 2 is 2.40 bits per heavy atom. The van der Waals surface area contributed by atoms with Crippen LogP contribution in [0, 0.1) is 5.92 Å². The summed E-state index contributed by atoms with van der Waals surface area (Å²) in [6.45, 7) is 4.34. The van der Waals surface area contributed by atoms with E-state index in [9.17, 15) is 4.79 Å². The molecule has 1 aromatic rings. The maximum absolute atomic E-state index is 11.5. The zero-order valence-electron chi connectivity index (χ0n) is 9.45. The first-order valence-electron chi connectivity index (χ1n) is 5.10. The smallest absolute Gasteiger partial charge is 0.223 e. The van der Waals surface area contributed by atoms with E-state index in [1.54, 1.807) is 17.9 Å². The molecule has 84 valence electrons. The summed E-state index contributed by atoms with van der Waals surface area (Å²) in [5.41, 5.74) is 6.60. The van der Waals surface area contributed by atoms with Gasteiger partial charge in [0.15, 0.2) is 0 Å². The van der Waals surface area contributed by atoms with E-state index >= 15 is 0 Å². The maximum atomic E-state index is 11.5. The SMILES string of the molecule is CCC(C)C(=O)NCc1cnn(C)c1N. The van der Waals surface area contributed by atoms with Gasteiger partial charge in [0, 0.05) is 25.1 Å². The molecule has 0 aromatic carbocycles. The van der Waals surface area contributed by atoms with Gasteiger partial charge in [0.05, 0.1) is 6.20 Å². The molecule has 0 aliphatic heterocycles. The third-order valence-corrected chi connectivity index (χ3v) is 2.58. The van der Waals surface area contributed by atoms with Gasteiger partial charge < -0.3 is 11.1 Å². The number of nitrogen functional groups attached to an aromatic ring is 1. The predicted octanol–water partition coefficient (Wildman–Crippen LogP) is 0.665. The molecule has 1 rings (SSSR count). The summed E-state index contributed by atoms with van der Waals surface area (Å²) in [4.78, 5) is 11.5. The summed E-state index contributed by atoms with van der Waals surface area (Å²) < 4.78 is 1.59. The number of aromatic nitrogens is 2. The van der Waals surface area contributed by atoms with E-state index in [0.29, 0.717) is 12.4 Å². The molecule has 0 aliphatic rings. The number of carbonyl (C=O) groups excluding carboxylic acids is 1. The van der Waals surface area contributed by atoms with Crippen LogP contribution in [0.25, 0.3) is 0 Å². The molecule has 3 N–H and O–H groups in total. The van der Waals surface area contributed by atoms with Crippen LogP contribution in [0.3, 0.4) is 0 Å². The molecule has 15 heavy (non-hydrogen) atoms. The fourth-order valence-corrected chi connectivity index (χ4v) is 1.17. The number of hydrogen-bond donors (Lipinski definition) is 2. The van der Waals surface area contributed by atoms with Crippen LogP contribution in [-0.4, -0.2) is 15.7 Å². The topological polar surface area (TPSA) is 72.9 Å². The summed E-state index contributed by atoms with van der Waals surface area (Å²) in [5.74, 6) is 0.697. The van der Waals surface area contributed by atoms with Gasteiger partial charge in [0.1, 0.15) is 5.82 Å². The van der Waals surface area contributed by atoms with Gasteiger partial charge in [-0.05, 0) is 6.42 Å². The highest BCUT2D eigenvalue weighted by Crippen LogP contribution is 2.09.